The van der Waals surface area contributed by atoms with Gasteiger partial charge >= 0.3 is 0 Å². The van der Waals surface area contributed by atoms with Crippen molar-refractivity contribution in [3.05, 3.63) is 116 Å². The SMILES string of the molecule is O=C(c1ccccc1)C(C(=O)c1ccccc1)c1nc2cc([N+](=O)[O-])ccc2[nH]c1=O. The van der Waals surface area contributed by atoms with Crippen LogP contribution in [0, 0.1) is 10.1 Å². The summed E-state index contributed by atoms with van der Waals surface area (Å²) in [7, 11) is 0. The monoisotopic (exact) mass is 413 g/mol. The lowest BCUT2D eigenvalue weighted by molar-refractivity contribution is -0.384. The van der Waals surface area contributed by atoms with Crippen molar-refractivity contribution in [2.24, 2.45) is 0 Å². The van der Waals surface area contributed by atoms with Crippen LogP contribution in [0.2, 0.25) is 0 Å². The fourth-order valence-corrected chi connectivity index (χ4v) is 3.30. The third kappa shape index (κ3) is 3.86. The number of H-pyrrole nitrogens is 1. The molecule has 0 unspecified atom stereocenters. The number of aromatic nitrogens is 2. The number of Topliss-reactive ketones (excluding diaryl/α,β-unsaturated/α-hetero) is 2. The van der Waals surface area contributed by atoms with Crippen LogP contribution in [0.15, 0.2) is 83.7 Å². The smallest absolute Gasteiger partial charge is 0.271 e. The number of ketones is 2. The van der Waals surface area contributed by atoms with Gasteiger partial charge in [-0.3, -0.25) is 24.5 Å². The number of benzene rings is 3. The van der Waals surface area contributed by atoms with Crippen LogP contribution < -0.4 is 5.56 Å². The van der Waals surface area contributed by atoms with Crippen molar-refractivity contribution in [2.75, 3.05) is 0 Å². The number of carbonyl (C=O) groups excluding carboxylic acids is 2. The average molecular weight is 413 g/mol. The number of aromatic amines is 1. The summed E-state index contributed by atoms with van der Waals surface area (Å²) in [5.74, 6) is -2.67. The highest BCUT2D eigenvalue weighted by molar-refractivity contribution is 6.19. The van der Waals surface area contributed by atoms with Gasteiger partial charge in [0.15, 0.2) is 11.6 Å². The van der Waals surface area contributed by atoms with Crippen molar-refractivity contribution < 1.29 is 14.5 Å². The molecule has 0 aliphatic heterocycles. The van der Waals surface area contributed by atoms with E-state index in [0.29, 0.717) is 0 Å². The second kappa shape index (κ2) is 8.11. The Hall–Kier alpha value is -4.46. The lowest BCUT2D eigenvalue weighted by Crippen LogP contribution is -2.30. The van der Waals surface area contributed by atoms with Crippen LogP contribution in [-0.2, 0) is 0 Å². The van der Waals surface area contributed by atoms with Crippen molar-refractivity contribution in [3.63, 3.8) is 0 Å². The number of nitro benzene ring substituents is 1. The number of carbonyl (C=O) groups is 2. The minimum absolute atomic E-state index is 0.107. The fraction of sp³-hybridized carbons (Fsp3) is 0.0435. The number of nitro groups is 1. The summed E-state index contributed by atoms with van der Waals surface area (Å²) in [6.45, 7) is 0. The van der Waals surface area contributed by atoms with Gasteiger partial charge in [-0.25, -0.2) is 4.98 Å². The molecule has 0 saturated heterocycles. The quantitative estimate of drug-likeness (QED) is 0.223. The minimum atomic E-state index is -1.50. The molecule has 0 bridgehead atoms. The molecule has 4 aromatic rings. The molecule has 0 atom stereocenters. The maximum Gasteiger partial charge on any atom is 0.271 e. The van der Waals surface area contributed by atoms with Gasteiger partial charge < -0.3 is 4.98 Å². The van der Waals surface area contributed by atoms with Crippen LogP contribution in [0.3, 0.4) is 0 Å². The number of rotatable bonds is 6. The number of hydrogen-bond acceptors (Lipinski definition) is 6. The number of nitrogens with one attached hydrogen (secondary N) is 1. The lowest BCUT2D eigenvalue weighted by atomic mass is 9.87. The zero-order valence-electron chi connectivity index (χ0n) is 16.0. The summed E-state index contributed by atoms with van der Waals surface area (Å²) in [6.07, 6.45) is 0. The molecule has 31 heavy (non-hydrogen) atoms. The van der Waals surface area contributed by atoms with Crippen LogP contribution in [0.4, 0.5) is 5.69 Å². The first kappa shape index (κ1) is 19.8. The number of nitrogens with zero attached hydrogens (tertiary/aromatic N) is 2. The molecule has 0 saturated carbocycles. The van der Waals surface area contributed by atoms with E-state index in [9.17, 15) is 24.5 Å². The van der Waals surface area contributed by atoms with Crippen LogP contribution in [0.1, 0.15) is 32.3 Å². The van der Waals surface area contributed by atoms with Crippen molar-refractivity contribution in [2.45, 2.75) is 5.92 Å². The molecule has 1 heterocycles. The van der Waals surface area contributed by atoms with Crippen molar-refractivity contribution in [3.8, 4) is 0 Å². The van der Waals surface area contributed by atoms with Gasteiger partial charge in [-0.2, -0.15) is 0 Å². The van der Waals surface area contributed by atoms with E-state index in [4.69, 9.17) is 0 Å². The molecular weight excluding hydrogens is 398 g/mol. The molecule has 0 fully saturated rings. The Balaban J connectivity index is 1.92. The molecule has 0 spiro atoms. The predicted molar refractivity (Wildman–Crippen MR) is 113 cm³/mol. The number of hydrogen-bond donors (Lipinski definition) is 1. The third-order valence-electron chi connectivity index (χ3n) is 4.83. The van der Waals surface area contributed by atoms with Gasteiger partial charge in [0.1, 0.15) is 11.6 Å². The highest BCUT2D eigenvalue weighted by Gasteiger charge is 2.34. The van der Waals surface area contributed by atoms with Crippen LogP contribution >= 0.6 is 0 Å². The van der Waals surface area contributed by atoms with E-state index in [1.165, 1.54) is 18.2 Å². The van der Waals surface area contributed by atoms with Crippen LogP contribution in [0.5, 0.6) is 0 Å². The standard InChI is InChI=1S/C23H15N3O5/c27-21(14-7-3-1-4-8-14)19(22(28)15-9-5-2-6-10-15)20-23(29)25-17-12-11-16(26(30)31)13-18(17)24-20/h1-13,19H,(H,25,29). The van der Waals surface area contributed by atoms with Crippen molar-refractivity contribution in [1.82, 2.24) is 9.97 Å². The van der Waals surface area contributed by atoms with Gasteiger partial charge in [0, 0.05) is 23.3 Å². The van der Waals surface area contributed by atoms with Crippen molar-refractivity contribution in [1.29, 1.82) is 0 Å². The Morgan fingerprint density at radius 3 is 1.94 bits per heavy atom. The Labute approximate surface area is 175 Å². The minimum Gasteiger partial charge on any atom is -0.319 e. The van der Waals surface area contributed by atoms with Gasteiger partial charge in [0.2, 0.25) is 0 Å². The Bertz CT molecular complexity index is 1310. The molecule has 4 rings (SSSR count). The molecule has 8 heteroatoms. The van der Waals surface area contributed by atoms with E-state index < -0.39 is 28.0 Å². The van der Waals surface area contributed by atoms with Gasteiger partial charge in [0.05, 0.1) is 16.0 Å². The Morgan fingerprint density at radius 1 is 0.871 bits per heavy atom. The first-order valence-electron chi connectivity index (χ1n) is 9.32. The van der Waals surface area contributed by atoms with Crippen molar-refractivity contribution >= 4 is 28.3 Å². The molecule has 0 radical (unpaired) electrons. The summed E-state index contributed by atoms with van der Waals surface area (Å²) < 4.78 is 0. The molecule has 0 amide bonds. The molecular formula is C23H15N3O5. The van der Waals surface area contributed by atoms with E-state index >= 15 is 0 Å². The first-order valence-corrected chi connectivity index (χ1v) is 9.32. The van der Waals surface area contributed by atoms with E-state index in [2.05, 4.69) is 9.97 Å². The first-order chi connectivity index (χ1) is 15.0. The van der Waals surface area contributed by atoms with E-state index in [0.717, 1.165) is 0 Å². The maximum absolute atomic E-state index is 13.3. The van der Waals surface area contributed by atoms with E-state index in [1.807, 2.05) is 0 Å². The summed E-state index contributed by atoms with van der Waals surface area (Å²) >= 11 is 0. The molecule has 0 aliphatic rings. The predicted octanol–water partition coefficient (Wildman–Crippen LogP) is 3.68. The van der Waals surface area contributed by atoms with Crippen LogP contribution in [0.25, 0.3) is 11.0 Å². The molecule has 3 aromatic carbocycles. The largest absolute Gasteiger partial charge is 0.319 e. The Morgan fingerprint density at radius 2 is 1.42 bits per heavy atom. The van der Waals surface area contributed by atoms with Gasteiger partial charge in [-0.05, 0) is 6.07 Å². The molecule has 1 aromatic heterocycles. The molecule has 1 N–H and O–H groups in total. The number of non-ortho nitro benzene ring substituents is 1. The molecule has 0 aliphatic carbocycles. The van der Waals surface area contributed by atoms with E-state index in [1.54, 1.807) is 60.7 Å². The third-order valence-corrected chi connectivity index (χ3v) is 4.83. The summed E-state index contributed by atoms with van der Waals surface area (Å²) in [4.78, 5) is 56.7. The molecule has 152 valence electrons. The second-order valence-electron chi connectivity index (χ2n) is 6.80. The lowest BCUT2D eigenvalue weighted by Gasteiger charge is -2.15. The van der Waals surface area contributed by atoms with Gasteiger partial charge in [-0.1, -0.05) is 60.7 Å². The Kier molecular flexibility index (Phi) is 5.19. The maximum atomic E-state index is 13.3. The van der Waals surface area contributed by atoms with Crippen LogP contribution in [-0.4, -0.2) is 26.5 Å². The normalized spacial score (nSPS) is 10.9. The zero-order valence-corrected chi connectivity index (χ0v) is 16.0. The highest BCUT2D eigenvalue weighted by Crippen LogP contribution is 2.24. The molecule has 8 nitrogen and oxygen atoms in total. The van der Waals surface area contributed by atoms with Gasteiger partial charge in [-0.15, -0.1) is 0 Å². The highest BCUT2D eigenvalue weighted by atomic mass is 16.6. The number of fused-ring (bicyclic) bond motifs is 1. The average Bonchev–Trinajstić information content (AvgIpc) is 2.80. The second-order valence-corrected chi connectivity index (χ2v) is 6.80. The summed E-state index contributed by atoms with van der Waals surface area (Å²) in [6, 6.07) is 20.0. The van der Waals surface area contributed by atoms with Gasteiger partial charge in [0.25, 0.3) is 11.2 Å². The zero-order chi connectivity index (χ0) is 22.0. The fourth-order valence-electron chi connectivity index (χ4n) is 3.30. The summed E-state index contributed by atoms with van der Waals surface area (Å²) in [5, 5.41) is 11.1. The topological polar surface area (TPSA) is 123 Å². The summed E-state index contributed by atoms with van der Waals surface area (Å²) in [5.41, 5.74) is -0.379. The van der Waals surface area contributed by atoms with E-state index in [-0.39, 0.29) is 33.5 Å².